The van der Waals surface area contributed by atoms with Gasteiger partial charge >= 0.3 is 18.2 Å². The van der Waals surface area contributed by atoms with Crippen LogP contribution in [0.15, 0.2) is 30.3 Å². The number of thioether (sulfide) groups is 1. The summed E-state index contributed by atoms with van der Waals surface area (Å²) in [4.78, 5) is 36.3. The third-order valence-electron chi connectivity index (χ3n) is 3.40. The predicted octanol–water partition coefficient (Wildman–Crippen LogP) is 3.88. The predicted molar refractivity (Wildman–Crippen MR) is 121 cm³/mol. The van der Waals surface area contributed by atoms with E-state index in [1.54, 1.807) is 41.5 Å². The number of carbonyl (C=O) groups excluding carboxylic acids is 3. The number of hydrogen-bond acceptors (Lipinski definition) is 7. The molecule has 0 heterocycles. The number of nitrogens with one attached hydrogen (secondary N) is 2. The molecule has 0 saturated carbocycles. The van der Waals surface area contributed by atoms with Crippen molar-refractivity contribution in [1.29, 1.82) is 0 Å². The van der Waals surface area contributed by atoms with E-state index >= 15 is 0 Å². The standard InChI is InChI=1S/C22H34N2O6S/c1-21(2,3)29-18(25)17(24-20(27)30-22(4,5)6)15-31-13-12-23-19(26)28-14-16-10-8-7-9-11-16/h7-11,17H,12-15H2,1-6H3,(H,23,26)(H,24,27)/t17-/m0/s1. The zero-order chi connectivity index (χ0) is 23.5. The van der Waals surface area contributed by atoms with Crippen molar-refractivity contribution in [1.82, 2.24) is 10.6 Å². The first-order valence-electron chi connectivity index (χ1n) is 10.1. The molecule has 1 rings (SSSR count). The van der Waals surface area contributed by atoms with E-state index in [0.29, 0.717) is 12.3 Å². The van der Waals surface area contributed by atoms with Gasteiger partial charge < -0.3 is 24.8 Å². The first-order valence-corrected chi connectivity index (χ1v) is 11.3. The van der Waals surface area contributed by atoms with Crippen LogP contribution in [0, 0.1) is 0 Å². The van der Waals surface area contributed by atoms with Crippen molar-refractivity contribution in [2.24, 2.45) is 0 Å². The largest absolute Gasteiger partial charge is 0.458 e. The van der Waals surface area contributed by atoms with Gasteiger partial charge in [-0.25, -0.2) is 14.4 Å². The summed E-state index contributed by atoms with van der Waals surface area (Å²) >= 11 is 1.39. The number of rotatable bonds is 9. The van der Waals surface area contributed by atoms with Gasteiger partial charge in [0, 0.05) is 18.1 Å². The zero-order valence-corrected chi connectivity index (χ0v) is 20.0. The van der Waals surface area contributed by atoms with Crippen LogP contribution in [0.4, 0.5) is 9.59 Å². The Morgan fingerprint density at radius 3 is 2.13 bits per heavy atom. The number of benzene rings is 1. The molecular formula is C22H34N2O6S. The van der Waals surface area contributed by atoms with Gasteiger partial charge in [0.05, 0.1) is 0 Å². The van der Waals surface area contributed by atoms with Crippen LogP contribution in [0.25, 0.3) is 0 Å². The second kappa shape index (κ2) is 12.4. The molecule has 1 aromatic rings. The Morgan fingerprint density at radius 1 is 0.935 bits per heavy atom. The molecule has 0 spiro atoms. The maximum Gasteiger partial charge on any atom is 0.408 e. The highest BCUT2D eigenvalue weighted by Crippen LogP contribution is 2.13. The van der Waals surface area contributed by atoms with Crippen molar-refractivity contribution in [2.45, 2.75) is 65.4 Å². The quantitative estimate of drug-likeness (QED) is 0.332. The van der Waals surface area contributed by atoms with E-state index < -0.39 is 35.4 Å². The van der Waals surface area contributed by atoms with Crippen LogP contribution >= 0.6 is 11.8 Å². The van der Waals surface area contributed by atoms with Crippen LogP contribution in [0.1, 0.15) is 47.1 Å². The molecule has 2 N–H and O–H groups in total. The highest BCUT2D eigenvalue weighted by atomic mass is 32.2. The van der Waals surface area contributed by atoms with E-state index in [4.69, 9.17) is 14.2 Å². The SMILES string of the molecule is CC(C)(C)OC(=O)N[C@@H](CSCCNC(=O)OCc1ccccc1)C(=O)OC(C)(C)C. The van der Waals surface area contributed by atoms with Crippen molar-refractivity contribution >= 4 is 29.9 Å². The fourth-order valence-corrected chi connectivity index (χ4v) is 3.06. The van der Waals surface area contributed by atoms with E-state index in [1.807, 2.05) is 30.3 Å². The smallest absolute Gasteiger partial charge is 0.408 e. The number of hydrogen-bond donors (Lipinski definition) is 2. The zero-order valence-electron chi connectivity index (χ0n) is 19.2. The van der Waals surface area contributed by atoms with E-state index in [-0.39, 0.29) is 12.4 Å². The highest BCUT2D eigenvalue weighted by Gasteiger charge is 2.28. The topological polar surface area (TPSA) is 103 Å². The summed E-state index contributed by atoms with van der Waals surface area (Å²) in [6.07, 6.45) is -1.20. The Bertz CT molecular complexity index is 713. The van der Waals surface area contributed by atoms with Gasteiger partial charge in [0.15, 0.2) is 0 Å². The summed E-state index contributed by atoms with van der Waals surface area (Å²) < 4.78 is 15.8. The van der Waals surface area contributed by atoms with Gasteiger partial charge in [-0.15, -0.1) is 0 Å². The number of esters is 1. The van der Waals surface area contributed by atoms with Gasteiger partial charge in [0.25, 0.3) is 0 Å². The van der Waals surface area contributed by atoms with Crippen molar-refractivity contribution in [3.05, 3.63) is 35.9 Å². The molecule has 0 aliphatic heterocycles. The lowest BCUT2D eigenvalue weighted by molar-refractivity contribution is -0.156. The van der Waals surface area contributed by atoms with E-state index in [0.717, 1.165) is 5.56 Å². The van der Waals surface area contributed by atoms with Gasteiger partial charge in [0.1, 0.15) is 23.9 Å². The molecule has 0 aliphatic carbocycles. The molecule has 174 valence electrons. The van der Waals surface area contributed by atoms with Crippen LogP contribution in [0.2, 0.25) is 0 Å². The summed E-state index contributed by atoms with van der Waals surface area (Å²) in [5.41, 5.74) is -0.458. The molecule has 1 aromatic carbocycles. The summed E-state index contributed by atoms with van der Waals surface area (Å²) in [5.74, 6) is 0.256. The summed E-state index contributed by atoms with van der Waals surface area (Å²) in [6.45, 7) is 11.0. The third kappa shape index (κ3) is 13.5. The van der Waals surface area contributed by atoms with Gasteiger partial charge in [0.2, 0.25) is 0 Å². The van der Waals surface area contributed by atoms with Crippen LogP contribution in [-0.2, 0) is 25.6 Å². The lowest BCUT2D eigenvalue weighted by atomic mass is 10.2. The Labute approximate surface area is 188 Å². The van der Waals surface area contributed by atoms with Gasteiger partial charge in [-0.3, -0.25) is 0 Å². The normalized spacial score (nSPS) is 12.5. The molecule has 0 radical (unpaired) electrons. The molecule has 0 aliphatic rings. The minimum Gasteiger partial charge on any atom is -0.458 e. The Morgan fingerprint density at radius 2 is 1.55 bits per heavy atom. The van der Waals surface area contributed by atoms with Gasteiger partial charge in [-0.05, 0) is 47.1 Å². The monoisotopic (exact) mass is 454 g/mol. The Balaban J connectivity index is 2.42. The molecule has 2 amide bonds. The molecule has 0 saturated heterocycles. The average molecular weight is 455 g/mol. The fourth-order valence-electron chi connectivity index (χ4n) is 2.19. The van der Waals surface area contributed by atoms with Crippen molar-refractivity contribution in [3.63, 3.8) is 0 Å². The minimum absolute atomic E-state index is 0.195. The van der Waals surface area contributed by atoms with E-state index in [1.165, 1.54) is 11.8 Å². The molecule has 0 bridgehead atoms. The maximum atomic E-state index is 12.5. The fraction of sp³-hybridized carbons (Fsp3) is 0.591. The number of amides is 2. The molecular weight excluding hydrogens is 420 g/mol. The second-order valence-electron chi connectivity index (χ2n) is 8.80. The van der Waals surface area contributed by atoms with Gasteiger partial charge in [-0.2, -0.15) is 11.8 Å². The van der Waals surface area contributed by atoms with E-state index in [2.05, 4.69) is 10.6 Å². The Kier molecular flexibility index (Phi) is 10.7. The molecule has 31 heavy (non-hydrogen) atoms. The molecule has 1 atom stereocenters. The molecule has 8 nitrogen and oxygen atoms in total. The van der Waals surface area contributed by atoms with Crippen LogP contribution < -0.4 is 10.6 Å². The first kappa shape index (κ1) is 26.6. The molecule has 9 heteroatoms. The van der Waals surface area contributed by atoms with Crippen molar-refractivity contribution in [2.75, 3.05) is 18.1 Å². The summed E-state index contributed by atoms with van der Waals surface area (Å²) in [7, 11) is 0. The van der Waals surface area contributed by atoms with Crippen LogP contribution in [-0.4, -0.2) is 53.5 Å². The van der Waals surface area contributed by atoms with Gasteiger partial charge in [-0.1, -0.05) is 30.3 Å². The number of alkyl carbamates (subject to hydrolysis) is 2. The van der Waals surface area contributed by atoms with Crippen molar-refractivity contribution < 1.29 is 28.6 Å². The van der Waals surface area contributed by atoms with Crippen LogP contribution in [0.5, 0.6) is 0 Å². The third-order valence-corrected chi connectivity index (χ3v) is 4.46. The van der Waals surface area contributed by atoms with Crippen LogP contribution in [0.3, 0.4) is 0 Å². The second-order valence-corrected chi connectivity index (χ2v) is 9.95. The average Bonchev–Trinajstić information content (AvgIpc) is 2.63. The summed E-state index contributed by atoms with van der Waals surface area (Å²) in [5, 5.41) is 5.22. The highest BCUT2D eigenvalue weighted by molar-refractivity contribution is 7.99. The Hall–Kier alpha value is -2.42. The lowest BCUT2D eigenvalue weighted by Crippen LogP contribution is -2.47. The maximum absolute atomic E-state index is 12.5. The minimum atomic E-state index is -0.871. The lowest BCUT2D eigenvalue weighted by Gasteiger charge is -2.26. The molecule has 0 fully saturated rings. The first-order chi connectivity index (χ1) is 14.4. The van der Waals surface area contributed by atoms with Crippen molar-refractivity contribution in [3.8, 4) is 0 Å². The van der Waals surface area contributed by atoms with E-state index in [9.17, 15) is 14.4 Å². The number of ether oxygens (including phenoxy) is 3. The number of carbonyl (C=O) groups is 3. The molecule has 0 aromatic heterocycles. The summed E-state index contributed by atoms with van der Waals surface area (Å²) in [6, 6.07) is 8.52. The molecule has 0 unspecified atom stereocenters.